The first kappa shape index (κ1) is 32.6. The van der Waals surface area contributed by atoms with Gasteiger partial charge in [-0.1, -0.05) is 118 Å². The fraction of sp³-hybridized carbons (Fsp3) is 0.963. The number of hydrazine groups is 1. The Bertz CT molecular complexity index is 331. The van der Waals surface area contributed by atoms with Gasteiger partial charge in [0.15, 0.2) is 0 Å². The molecule has 4 nitrogen and oxygen atoms in total. The largest absolute Gasteiger partial charge is 0.481 e. The molecule has 0 aromatic carbocycles. The van der Waals surface area contributed by atoms with E-state index in [1.54, 1.807) is 0 Å². The molecule has 0 spiro atoms. The van der Waals surface area contributed by atoms with Crippen molar-refractivity contribution in [2.24, 2.45) is 0 Å². The predicted molar refractivity (Wildman–Crippen MR) is 138 cm³/mol. The van der Waals surface area contributed by atoms with Crippen molar-refractivity contribution in [2.75, 3.05) is 19.6 Å². The average Bonchev–Trinajstić information content (AvgIpc) is 2.75. The van der Waals surface area contributed by atoms with Crippen molar-refractivity contribution in [3.05, 3.63) is 0 Å². The Morgan fingerprint density at radius 1 is 0.581 bits per heavy atom. The highest BCUT2D eigenvalue weighted by Crippen LogP contribution is 2.13. The van der Waals surface area contributed by atoms with Gasteiger partial charge in [-0.2, -0.15) is 0 Å². The van der Waals surface area contributed by atoms with E-state index in [0.29, 0.717) is 6.42 Å². The fourth-order valence-corrected chi connectivity index (χ4v) is 3.73. The SMILES string of the molecule is CCCCCCCCCCCCCCCCCC(=O)O.CCCNN(CCC)CCC. The molecule has 4 heteroatoms. The molecule has 0 unspecified atom stereocenters. The van der Waals surface area contributed by atoms with Crippen molar-refractivity contribution in [1.29, 1.82) is 0 Å². The van der Waals surface area contributed by atoms with Crippen LogP contribution in [0.15, 0.2) is 0 Å². The van der Waals surface area contributed by atoms with Gasteiger partial charge < -0.3 is 5.11 Å². The molecule has 0 heterocycles. The lowest BCUT2D eigenvalue weighted by atomic mass is 10.0. The van der Waals surface area contributed by atoms with E-state index >= 15 is 0 Å². The average molecular weight is 443 g/mol. The molecule has 0 fully saturated rings. The van der Waals surface area contributed by atoms with Crippen molar-refractivity contribution in [1.82, 2.24) is 10.4 Å². The van der Waals surface area contributed by atoms with Crippen LogP contribution in [0.5, 0.6) is 0 Å². The first-order valence-corrected chi connectivity index (χ1v) is 13.8. The maximum absolute atomic E-state index is 10.3. The summed E-state index contributed by atoms with van der Waals surface area (Å²) in [5, 5.41) is 10.8. The van der Waals surface area contributed by atoms with E-state index in [9.17, 15) is 4.79 Å². The summed E-state index contributed by atoms with van der Waals surface area (Å²) in [4.78, 5) is 10.3. The maximum Gasteiger partial charge on any atom is 0.303 e. The summed E-state index contributed by atoms with van der Waals surface area (Å²) in [6, 6.07) is 0. The van der Waals surface area contributed by atoms with Crippen LogP contribution < -0.4 is 5.43 Å². The molecule has 31 heavy (non-hydrogen) atoms. The second kappa shape index (κ2) is 29.4. The molecule has 0 aliphatic rings. The van der Waals surface area contributed by atoms with Gasteiger partial charge in [-0.3, -0.25) is 10.2 Å². The second-order valence-corrected chi connectivity index (χ2v) is 8.99. The van der Waals surface area contributed by atoms with Gasteiger partial charge in [-0.15, -0.1) is 0 Å². The number of aliphatic carboxylic acids is 1. The molecule has 0 saturated carbocycles. The third kappa shape index (κ3) is 31.7. The molecule has 0 aliphatic heterocycles. The summed E-state index contributed by atoms with van der Waals surface area (Å²) in [6.07, 6.45) is 23.9. The molecular weight excluding hydrogens is 384 g/mol. The molecule has 188 valence electrons. The molecular formula is C27H58N2O2. The van der Waals surface area contributed by atoms with Gasteiger partial charge in [0.2, 0.25) is 0 Å². The van der Waals surface area contributed by atoms with E-state index in [1.807, 2.05) is 0 Å². The lowest BCUT2D eigenvalue weighted by Crippen LogP contribution is -2.39. The smallest absolute Gasteiger partial charge is 0.303 e. The maximum atomic E-state index is 10.3. The highest BCUT2D eigenvalue weighted by molar-refractivity contribution is 5.66. The molecule has 2 N–H and O–H groups in total. The minimum Gasteiger partial charge on any atom is -0.481 e. The molecule has 0 aliphatic carbocycles. The Morgan fingerprint density at radius 2 is 0.968 bits per heavy atom. The van der Waals surface area contributed by atoms with Gasteiger partial charge in [0.25, 0.3) is 0 Å². The Balaban J connectivity index is 0. The monoisotopic (exact) mass is 442 g/mol. The topological polar surface area (TPSA) is 52.6 Å². The van der Waals surface area contributed by atoms with Gasteiger partial charge in [-0.05, 0) is 25.7 Å². The fourth-order valence-electron chi connectivity index (χ4n) is 3.73. The number of carbonyl (C=O) groups is 1. The van der Waals surface area contributed by atoms with Crippen LogP contribution in [-0.4, -0.2) is 35.7 Å². The Labute approximate surface area is 195 Å². The Hall–Kier alpha value is -0.610. The predicted octanol–water partition coefficient (Wildman–Crippen LogP) is 8.36. The minimum absolute atomic E-state index is 0.345. The number of hydrogen-bond donors (Lipinski definition) is 2. The van der Waals surface area contributed by atoms with Gasteiger partial charge >= 0.3 is 5.97 Å². The van der Waals surface area contributed by atoms with E-state index in [2.05, 4.69) is 38.1 Å². The standard InChI is InChI=1S/C18H36O2.C9H22N2/c1-2-3-4-5-6-7-8-9-10-11-12-13-14-15-16-17-18(19)20;1-4-7-10-11(8-5-2)9-6-3/h2-17H2,1H3,(H,19,20);10H,4-9H2,1-3H3. The summed E-state index contributed by atoms with van der Waals surface area (Å²) in [7, 11) is 0. The molecule has 0 amide bonds. The molecule has 0 bridgehead atoms. The summed E-state index contributed by atoms with van der Waals surface area (Å²) in [5.74, 6) is -0.653. The van der Waals surface area contributed by atoms with Gasteiger partial charge in [0.1, 0.15) is 0 Å². The van der Waals surface area contributed by atoms with Crippen molar-refractivity contribution in [3.8, 4) is 0 Å². The van der Waals surface area contributed by atoms with E-state index in [1.165, 1.54) is 116 Å². The van der Waals surface area contributed by atoms with E-state index in [-0.39, 0.29) is 0 Å². The number of unbranched alkanes of at least 4 members (excludes halogenated alkanes) is 14. The number of carboxylic acids is 1. The Kier molecular flexibility index (Phi) is 30.9. The minimum atomic E-state index is -0.653. The third-order valence-corrected chi connectivity index (χ3v) is 5.57. The highest BCUT2D eigenvalue weighted by Gasteiger charge is 1.99. The van der Waals surface area contributed by atoms with Crippen molar-refractivity contribution in [2.45, 2.75) is 150 Å². The first-order valence-electron chi connectivity index (χ1n) is 13.8. The summed E-state index contributed by atoms with van der Waals surface area (Å²) in [5.41, 5.74) is 3.40. The normalized spacial score (nSPS) is 10.9. The van der Waals surface area contributed by atoms with Gasteiger partial charge in [0.05, 0.1) is 0 Å². The quantitative estimate of drug-likeness (QED) is 0.123. The van der Waals surface area contributed by atoms with Crippen molar-refractivity contribution in [3.63, 3.8) is 0 Å². The molecule has 0 radical (unpaired) electrons. The summed E-state index contributed by atoms with van der Waals surface area (Å²) < 4.78 is 0. The van der Waals surface area contributed by atoms with Crippen LogP contribution in [0.4, 0.5) is 0 Å². The number of nitrogens with zero attached hydrogens (tertiary/aromatic N) is 1. The van der Waals surface area contributed by atoms with Crippen LogP contribution in [-0.2, 0) is 4.79 Å². The first-order chi connectivity index (χ1) is 15.1. The van der Waals surface area contributed by atoms with E-state index in [4.69, 9.17) is 5.11 Å². The molecule has 0 aromatic heterocycles. The highest BCUT2D eigenvalue weighted by atomic mass is 16.4. The van der Waals surface area contributed by atoms with E-state index in [0.717, 1.165) is 19.4 Å². The van der Waals surface area contributed by atoms with Crippen molar-refractivity contribution < 1.29 is 9.90 Å². The Morgan fingerprint density at radius 3 is 1.29 bits per heavy atom. The number of nitrogens with one attached hydrogen (secondary N) is 1. The molecule has 0 saturated heterocycles. The van der Waals surface area contributed by atoms with E-state index < -0.39 is 5.97 Å². The molecule has 0 aromatic rings. The third-order valence-electron chi connectivity index (χ3n) is 5.57. The van der Waals surface area contributed by atoms with Gasteiger partial charge in [0, 0.05) is 26.1 Å². The molecule has 0 atom stereocenters. The number of rotatable bonds is 23. The van der Waals surface area contributed by atoms with Crippen LogP contribution in [0.1, 0.15) is 150 Å². The lowest BCUT2D eigenvalue weighted by Gasteiger charge is -2.21. The van der Waals surface area contributed by atoms with Crippen LogP contribution in [0.2, 0.25) is 0 Å². The van der Waals surface area contributed by atoms with Crippen LogP contribution >= 0.6 is 0 Å². The zero-order valence-corrected chi connectivity index (χ0v) is 21.9. The summed E-state index contributed by atoms with van der Waals surface area (Å²) in [6.45, 7) is 12.4. The zero-order chi connectivity index (χ0) is 23.4. The van der Waals surface area contributed by atoms with Crippen LogP contribution in [0.3, 0.4) is 0 Å². The van der Waals surface area contributed by atoms with Gasteiger partial charge in [-0.25, -0.2) is 5.01 Å². The molecule has 0 rings (SSSR count). The summed E-state index contributed by atoms with van der Waals surface area (Å²) >= 11 is 0. The second-order valence-electron chi connectivity index (χ2n) is 8.99. The number of carboxylic acid groups (broad SMARTS) is 1. The van der Waals surface area contributed by atoms with Crippen LogP contribution in [0, 0.1) is 0 Å². The van der Waals surface area contributed by atoms with Crippen molar-refractivity contribution >= 4 is 5.97 Å². The number of hydrogen-bond acceptors (Lipinski definition) is 3. The zero-order valence-electron chi connectivity index (χ0n) is 21.9. The van der Waals surface area contributed by atoms with Crippen LogP contribution in [0.25, 0.3) is 0 Å². The lowest BCUT2D eigenvalue weighted by molar-refractivity contribution is -0.137.